The van der Waals surface area contributed by atoms with Crippen LogP contribution in [0.2, 0.25) is 0 Å². The molecule has 2 heteroatoms. The minimum absolute atomic E-state index is 0.0771. The second kappa shape index (κ2) is 4.63. The first-order chi connectivity index (χ1) is 6.77. The molecule has 2 fully saturated rings. The maximum Gasteiger partial charge on any atom is 0.0693 e. The molecule has 2 unspecified atom stereocenters. The largest absolute Gasteiger partial charge is 0.392 e. The summed E-state index contributed by atoms with van der Waals surface area (Å²) in [6, 6.07) is 0.391. The second-order valence-corrected chi connectivity index (χ2v) is 5.18. The Balaban J connectivity index is 1.71. The smallest absolute Gasteiger partial charge is 0.0693 e. The third kappa shape index (κ3) is 2.29. The predicted octanol–water partition coefficient (Wildman–Crippen LogP) is 1.93. The van der Waals surface area contributed by atoms with Crippen molar-refractivity contribution in [3.8, 4) is 0 Å². The molecule has 0 aromatic rings. The van der Waals surface area contributed by atoms with E-state index in [0.717, 1.165) is 24.8 Å². The molecule has 2 N–H and O–H groups in total. The van der Waals surface area contributed by atoms with E-state index >= 15 is 0 Å². The van der Waals surface area contributed by atoms with Crippen molar-refractivity contribution in [3.63, 3.8) is 0 Å². The molecular formula is C12H23NO. The first-order valence-corrected chi connectivity index (χ1v) is 6.19. The maximum absolute atomic E-state index is 9.67. The molecule has 2 aliphatic carbocycles. The lowest BCUT2D eigenvalue weighted by atomic mass is 9.98. The Morgan fingerprint density at radius 3 is 2.50 bits per heavy atom. The number of aliphatic hydroxyl groups excluding tert-OH is 1. The Kier molecular flexibility index (Phi) is 3.45. The third-order valence-electron chi connectivity index (χ3n) is 4.16. The SMILES string of the molecule is CC1CCCC1CN[C@H]1CCC[C@@H]1O. The van der Waals surface area contributed by atoms with Crippen LogP contribution < -0.4 is 5.32 Å². The van der Waals surface area contributed by atoms with Crippen LogP contribution in [0, 0.1) is 11.8 Å². The van der Waals surface area contributed by atoms with Gasteiger partial charge in [0.15, 0.2) is 0 Å². The van der Waals surface area contributed by atoms with Gasteiger partial charge in [-0.25, -0.2) is 0 Å². The lowest BCUT2D eigenvalue weighted by Gasteiger charge is -2.21. The Morgan fingerprint density at radius 2 is 1.93 bits per heavy atom. The van der Waals surface area contributed by atoms with Crippen LogP contribution in [0.15, 0.2) is 0 Å². The summed E-state index contributed by atoms with van der Waals surface area (Å²) in [5.41, 5.74) is 0. The molecule has 0 bridgehead atoms. The summed E-state index contributed by atoms with van der Waals surface area (Å²) in [5.74, 6) is 1.75. The van der Waals surface area contributed by atoms with Gasteiger partial charge in [0, 0.05) is 6.04 Å². The van der Waals surface area contributed by atoms with Crippen LogP contribution in [0.3, 0.4) is 0 Å². The van der Waals surface area contributed by atoms with Gasteiger partial charge in [0.1, 0.15) is 0 Å². The highest BCUT2D eigenvalue weighted by Gasteiger charge is 2.28. The van der Waals surface area contributed by atoms with E-state index in [1.165, 1.54) is 32.1 Å². The molecule has 82 valence electrons. The molecule has 0 amide bonds. The lowest BCUT2D eigenvalue weighted by Crippen LogP contribution is -2.39. The van der Waals surface area contributed by atoms with Gasteiger partial charge in [0.2, 0.25) is 0 Å². The van der Waals surface area contributed by atoms with Crippen LogP contribution in [-0.2, 0) is 0 Å². The summed E-state index contributed by atoms with van der Waals surface area (Å²) in [5, 5.41) is 13.2. The van der Waals surface area contributed by atoms with E-state index in [0.29, 0.717) is 6.04 Å². The zero-order valence-corrected chi connectivity index (χ0v) is 9.21. The molecule has 2 saturated carbocycles. The van der Waals surface area contributed by atoms with Crippen molar-refractivity contribution in [2.24, 2.45) is 11.8 Å². The normalized spacial score (nSPS) is 43.3. The number of rotatable bonds is 3. The number of hydrogen-bond donors (Lipinski definition) is 2. The molecule has 0 aromatic heterocycles. The van der Waals surface area contributed by atoms with Gasteiger partial charge in [-0.1, -0.05) is 19.8 Å². The summed E-state index contributed by atoms with van der Waals surface area (Å²) < 4.78 is 0. The van der Waals surface area contributed by atoms with Crippen LogP contribution in [0.1, 0.15) is 45.4 Å². The van der Waals surface area contributed by atoms with E-state index in [1.54, 1.807) is 0 Å². The fourth-order valence-corrected chi connectivity index (χ4v) is 3.01. The molecule has 0 spiro atoms. The fraction of sp³-hybridized carbons (Fsp3) is 1.00. The van der Waals surface area contributed by atoms with E-state index in [1.807, 2.05) is 0 Å². The molecule has 0 aromatic carbocycles. The van der Waals surface area contributed by atoms with Gasteiger partial charge < -0.3 is 10.4 Å². The van der Waals surface area contributed by atoms with Gasteiger partial charge in [-0.05, 0) is 44.1 Å². The van der Waals surface area contributed by atoms with E-state index < -0.39 is 0 Å². The van der Waals surface area contributed by atoms with Gasteiger partial charge in [-0.3, -0.25) is 0 Å². The van der Waals surface area contributed by atoms with Crippen LogP contribution in [0.25, 0.3) is 0 Å². The Hall–Kier alpha value is -0.0800. The lowest BCUT2D eigenvalue weighted by molar-refractivity contribution is 0.145. The maximum atomic E-state index is 9.67. The molecule has 14 heavy (non-hydrogen) atoms. The summed E-state index contributed by atoms with van der Waals surface area (Å²) >= 11 is 0. The highest BCUT2D eigenvalue weighted by atomic mass is 16.3. The number of hydrogen-bond acceptors (Lipinski definition) is 2. The molecule has 2 nitrogen and oxygen atoms in total. The Morgan fingerprint density at radius 1 is 1.14 bits per heavy atom. The van der Waals surface area contributed by atoms with Crippen molar-refractivity contribution in [3.05, 3.63) is 0 Å². The molecule has 0 heterocycles. The number of aliphatic hydroxyl groups is 1. The molecular weight excluding hydrogens is 174 g/mol. The van der Waals surface area contributed by atoms with Crippen molar-refractivity contribution in [1.82, 2.24) is 5.32 Å². The fourth-order valence-electron chi connectivity index (χ4n) is 3.01. The highest BCUT2D eigenvalue weighted by Crippen LogP contribution is 2.31. The standard InChI is InChI=1S/C12H23NO/c1-9-4-2-5-10(9)8-13-11-6-3-7-12(11)14/h9-14H,2-8H2,1H3/t9?,10?,11-,12-/m0/s1. The second-order valence-electron chi connectivity index (χ2n) is 5.18. The molecule has 2 rings (SSSR count). The summed E-state index contributed by atoms with van der Waals surface area (Å²) in [6.07, 6.45) is 7.47. The molecule has 4 atom stereocenters. The first kappa shape index (κ1) is 10.4. The van der Waals surface area contributed by atoms with Crippen molar-refractivity contribution >= 4 is 0 Å². The monoisotopic (exact) mass is 197 g/mol. The van der Waals surface area contributed by atoms with Crippen LogP contribution in [0.5, 0.6) is 0 Å². The van der Waals surface area contributed by atoms with Crippen LogP contribution in [0.4, 0.5) is 0 Å². The zero-order chi connectivity index (χ0) is 9.97. The van der Waals surface area contributed by atoms with Crippen molar-refractivity contribution in [2.75, 3.05) is 6.54 Å². The van der Waals surface area contributed by atoms with Crippen molar-refractivity contribution < 1.29 is 5.11 Å². The zero-order valence-electron chi connectivity index (χ0n) is 9.21. The summed E-state index contributed by atoms with van der Waals surface area (Å²) in [4.78, 5) is 0. The average molecular weight is 197 g/mol. The average Bonchev–Trinajstić information content (AvgIpc) is 2.72. The van der Waals surface area contributed by atoms with Gasteiger partial charge in [0.25, 0.3) is 0 Å². The summed E-state index contributed by atoms with van der Waals surface area (Å²) in [6.45, 7) is 3.49. The third-order valence-corrected chi connectivity index (χ3v) is 4.16. The van der Waals surface area contributed by atoms with Crippen molar-refractivity contribution in [1.29, 1.82) is 0 Å². The van der Waals surface area contributed by atoms with Gasteiger partial charge >= 0.3 is 0 Å². The van der Waals surface area contributed by atoms with E-state index in [9.17, 15) is 5.11 Å². The van der Waals surface area contributed by atoms with E-state index in [2.05, 4.69) is 12.2 Å². The minimum atomic E-state index is -0.0771. The van der Waals surface area contributed by atoms with Gasteiger partial charge in [-0.2, -0.15) is 0 Å². The quantitative estimate of drug-likeness (QED) is 0.724. The summed E-state index contributed by atoms with van der Waals surface area (Å²) in [7, 11) is 0. The topological polar surface area (TPSA) is 32.3 Å². The molecule has 2 aliphatic rings. The Bertz CT molecular complexity index is 163. The molecule has 0 saturated heterocycles. The van der Waals surface area contributed by atoms with Gasteiger partial charge in [-0.15, -0.1) is 0 Å². The molecule has 0 aliphatic heterocycles. The van der Waals surface area contributed by atoms with Gasteiger partial charge in [0.05, 0.1) is 6.10 Å². The van der Waals surface area contributed by atoms with Crippen LogP contribution in [-0.4, -0.2) is 23.8 Å². The minimum Gasteiger partial charge on any atom is -0.392 e. The predicted molar refractivity (Wildman–Crippen MR) is 58.2 cm³/mol. The van der Waals surface area contributed by atoms with Crippen LogP contribution >= 0.6 is 0 Å². The van der Waals surface area contributed by atoms with Crippen molar-refractivity contribution in [2.45, 2.75) is 57.6 Å². The van der Waals surface area contributed by atoms with E-state index in [-0.39, 0.29) is 6.10 Å². The highest BCUT2D eigenvalue weighted by molar-refractivity contribution is 4.85. The Labute approximate surface area is 87.1 Å². The molecule has 0 radical (unpaired) electrons. The van der Waals surface area contributed by atoms with E-state index in [4.69, 9.17) is 0 Å². The number of nitrogens with one attached hydrogen (secondary N) is 1. The first-order valence-electron chi connectivity index (χ1n) is 6.19.